The van der Waals surface area contributed by atoms with Gasteiger partial charge in [0.1, 0.15) is 18.3 Å². The van der Waals surface area contributed by atoms with Gasteiger partial charge in [-0.15, -0.1) is 23.5 Å². The first kappa shape index (κ1) is 15.2. The van der Waals surface area contributed by atoms with Crippen LogP contribution in [0.1, 0.15) is 6.92 Å². The number of aliphatic carboxylic acids is 1. The molecule has 7 nitrogen and oxygen atoms in total. The lowest BCUT2D eigenvalue weighted by Gasteiger charge is -2.56. The Kier molecular flexibility index (Phi) is 4.03. The molecule has 110 valence electrons. The SMILES string of the molecule is CS[C@]12SCC(COC(C)=O)=C(C(=O)O)N1C(=O)C2N. The lowest BCUT2D eigenvalue weighted by atomic mass is 10.0. The lowest BCUT2D eigenvalue weighted by molar-refractivity contribution is -0.149. The first-order chi connectivity index (χ1) is 9.35. The van der Waals surface area contributed by atoms with Crippen LogP contribution in [-0.4, -0.2) is 56.7 Å². The number of carbonyl (C=O) groups is 3. The molecule has 0 aromatic heterocycles. The van der Waals surface area contributed by atoms with E-state index in [-0.39, 0.29) is 12.3 Å². The van der Waals surface area contributed by atoms with E-state index in [9.17, 15) is 19.5 Å². The van der Waals surface area contributed by atoms with Crippen molar-refractivity contribution in [3.05, 3.63) is 11.3 Å². The number of hydrogen-bond acceptors (Lipinski definition) is 7. The molecule has 2 aliphatic heterocycles. The smallest absolute Gasteiger partial charge is 0.352 e. The summed E-state index contributed by atoms with van der Waals surface area (Å²) in [6, 6.07) is -0.730. The first-order valence-electron chi connectivity index (χ1n) is 5.72. The molecule has 0 bridgehead atoms. The fourth-order valence-electron chi connectivity index (χ4n) is 2.18. The molecule has 0 aromatic rings. The molecule has 1 saturated heterocycles. The number of nitrogens with two attached hydrogens (primary N) is 1. The van der Waals surface area contributed by atoms with Crippen LogP contribution in [0, 0.1) is 0 Å². The minimum atomic E-state index is -1.22. The van der Waals surface area contributed by atoms with Crippen LogP contribution < -0.4 is 5.73 Å². The Morgan fingerprint density at radius 1 is 1.65 bits per heavy atom. The van der Waals surface area contributed by atoms with E-state index in [0.29, 0.717) is 11.3 Å². The second-order valence-corrected chi connectivity index (χ2v) is 6.80. The summed E-state index contributed by atoms with van der Waals surface area (Å²) in [6.45, 7) is 1.11. The fourth-order valence-corrected chi connectivity index (χ4v) is 4.74. The van der Waals surface area contributed by atoms with Gasteiger partial charge in [-0.1, -0.05) is 0 Å². The molecule has 20 heavy (non-hydrogen) atoms. The van der Waals surface area contributed by atoms with Crippen molar-refractivity contribution in [3.63, 3.8) is 0 Å². The number of rotatable bonds is 4. The molecule has 2 aliphatic rings. The van der Waals surface area contributed by atoms with Crippen LogP contribution in [0.25, 0.3) is 0 Å². The third kappa shape index (κ3) is 2.09. The highest BCUT2D eigenvalue weighted by molar-refractivity contribution is 8.18. The molecule has 0 spiro atoms. The number of carboxylic acids is 1. The van der Waals surface area contributed by atoms with Crippen LogP contribution in [0.3, 0.4) is 0 Å². The topological polar surface area (TPSA) is 110 Å². The molecular formula is C11H14N2O5S2. The average molecular weight is 318 g/mol. The summed E-state index contributed by atoms with van der Waals surface area (Å²) in [7, 11) is 0. The van der Waals surface area contributed by atoms with Gasteiger partial charge in [0.25, 0.3) is 0 Å². The van der Waals surface area contributed by atoms with E-state index < -0.39 is 28.1 Å². The highest BCUT2D eigenvalue weighted by Gasteiger charge is 2.63. The predicted molar refractivity (Wildman–Crippen MR) is 74.8 cm³/mol. The van der Waals surface area contributed by atoms with Crippen molar-refractivity contribution < 1.29 is 24.2 Å². The molecule has 0 saturated carbocycles. The first-order valence-corrected chi connectivity index (χ1v) is 7.93. The Labute approximate surface area is 123 Å². The van der Waals surface area contributed by atoms with Crippen molar-refractivity contribution in [1.29, 1.82) is 0 Å². The second kappa shape index (κ2) is 5.30. The molecule has 0 aromatic carbocycles. The minimum Gasteiger partial charge on any atom is -0.477 e. The van der Waals surface area contributed by atoms with Gasteiger partial charge in [0.15, 0.2) is 4.20 Å². The Hall–Kier alpha value is -1.19. The largest absolute Gasteiger partial charge is 0.477 e. The normalized spacial score (nSPS) is 28.9. The van der Waals surface area contributed by atoms with Gasteiger partial charge in [0, 0.05) is 18.2 Å². The molecule has 1 fully saturated rings. The molecule has 3 N–H and O–H groups in total. The number of carbonyl (C=O) groups excluding carboxylic acids is 2. The molecule has 0 radical (unpaired) electrons. The fraction of sp³-hybridized carbons (Fsp3) is 0.545. The molecule has 1 unspecified atom stereocenters. The van der Waals surface area contributed by atoms with Gasteiger partial charge < -0.3 is 15.6 Å². The Bertz CT molecular complexity index is 521. The number of nitrogens with zero attached hydrogens (tertiary/aromatic N) is 1. The van der Waals surface area contributed by atoms with Crippen molar-refractivity contribution in [2.75, 3.05) is 18.6 Å². The maximum atomic E-state index is 11.9. The number of fused-ring (bicyclic) bond motifs is 1. The number of ether oxygens (including phenoxy) is 1. The van der Waals surface area contributed by atoms with Crippen LogP contribution in [0.15, 0.2) is 11.3 Å². The number of thioether (sulfide) groups is 2. The van der Waals surface area contributed by atoms with Gasteiger partial charge in [-0.3, -0.25) is 14.5 Å². The summed E-state index contributed by atoms with van der Waals surface area (Å²) in [5.41, 5.74) is 6.10. The summed E-state index contributed by atoms with van der Waals surface area (Å²) in [4.78, 5) is 35.4. The quantitative estimate of drug-likeness (QED) is 0.543. The van der Waals surface area contributed by atoms with Crippen LogP contribution in [0.2, 0.25) is 0 Å². The number of hydrogen-bond donors (Lipinski definition) is 2. The monoisotopic (exact) mass is 318 g/mol. The van der Waals surface area contributed by atoms with E-state index in [2.05, 4.69) is 0 Å². The van der Waals surface area contributed by atoms with E-state index >= 15 is 0 Å². The van der Waals surface area contributed by atoms with Crippen LogP contribution in [0.5, 0.6) is 0 Å². The van der Waals surface area contributed by atoms with Gasteiger partial charge in [0.05, 0.1) is 0 Å². The summed E-state index contributed by atoms with van der Waals surface area (Å²) in [6.07, 6.45) is 1.78. The summed E-state index contributed by atoms with van der Waals surface area (Å²) in [5, 5.41) is 9.36. The standard InChI is InChI=1S/C11H14N2O5S2/c1-5(14)18-3-6-4-20-11(19-2)8(12)9(15)13(11)7(6)10(16)17/h8H,3-4,12H2,1-2H3,(H,16,17)/t8?,11-/m1/s1. The minimum absolute atomic E-state index is 0.119. The number of β-lactam (4-membered cyclic amide) rings is 1. The maximum absolute atomic E-state index is 11.9. The third-order valence-corrected chi connectivity index (χ3v) is 6.37. The lowest BCUT2D eigenvalue weighted by Crippen LogP contribution is -2.75. The zero-order valence-electron chi connectivity index (χ0n) is 10.9. The molecular weight excluding hydrogens is 304 g/mol. The molecule has 0 aliphatic carbocycles. The third-order valence-electron chi connectivity index (χ3n) is 3.15. The van der Waals surface area contributed by atoms with Gasteiger partial charge in [-0.2, -0.15) is 0 Å². The maximum Gasteiger partial charge on any atom is 0.352 e. The molecule has 1 amide bonds. The average Bonchev–Trinajstić information content (AvgIpc) is 2.42. The number of esters is 1. The van der Waals surface area contributed by atoms with Gasteiger partial charge in [-0.05, 0) is 6.26 Å². The second-order valence-electron chi connectivity index (χ2n) is 4.31. The summed E-state index contributed by atoms with van der Waals surface area (Å²) >= 11 is 2.72. The Balaban J connectivity index is 2.38. The number of amides is 1. The van der Waals surface area contributed by atoms with E-state index in [0.717, 1.165) is 0 Å². The molecule has 9 heteroatoms. The van der Waals surface area contributed by atoms with E-state index in [1.165, 1.54) is 35.3 Å². The highest BCUT2D eigenvalue weighted by Crippen LogP contribution is 2.54. The summed E-state index contributed by atoms with van der Waals surface area (Å²) in [5.74, 6) is -1.79. The molecule has 2 atom stereocenters. The van der Waals surface area contributed by atoms with Crippen LogP contribution >= 0.6 is 23.5 Å². The van der Waals surface area contributed by atoms with Crippen molar-refractivity contribution in [2.24, 2.45) is 5.73 Å². The van der Waals surface area contributed by atoms with Crippen molar-refractivity contribution in [2.45, 2.75) is 17.2 Å². The van der Waals surface area contributed by atoms with Crippen LogP contribution in [-0.2, 0) is 19.1 Å². The zero-order valence-corrected chi connectivity index (χ0v) is 12.5. The van der Waals surface area contributed by atoms with Crippen molar-refractivity contribution >= 4 is 41.4 Å². The van der Waals surface area contributed by atoms with Crippen LogP contribution in [0.4, 0.5) is 0 Å². The highest BCUT2D eigenvalue weighted by atomic mass is 32.2. The van der Waals surface area contributed by atoms with Gasteiger partial charge in [0.2, 0.25) is 5.91 Å². The van der Waals surface area contributed by atoms with Crippen molar-refractivity contribution in [1.82, 2.24) is 4.90 Å². The Morgan fingerprint density at radius 3 is 2.80 bits per heavy atom. The molecule has 2 rings (SSSR count). The van der Waals surface area contributed by atoms with Gasteiger partial charge in [-0.25, -0.2) is 4.79 Å². The Morgan fingerprint density at radius 2 is 2.30 bits per heavy atom. The van der Waals surface area contributed by atoms with Crippen molar-refractivity contribution in [3.8, 4) is 0 Å². The zero-order chi connectivity index (χ0) is 15.1. The number of carboxylic acid groups (broad SMARTS) is 1. The summed E-state index contributed by atoms with van der Waals surface area (Å²) < 4.78 is 4.08. The van der Waals surface area contributed by atoms with E-state index in [1.807, 2.05) is 0 Å². The van der Waals surface area contributed by atoms with E-state index in [1.54, 1.807) is 6.26 Å². The predicted octanol–water partition coefficient (Wildman–Crippen LogP) is -0.179. The molecule has 2 heterocycles. The van der Waals surface area contributed by atoms with E-state index in [4.69, 9.17) is 10.5 Å². The van der Waals surface area contributed by atoms with Gasteiger partial charge >= 0.3 is 11.9 Å².